The monoisotopic (exact) mass is 1510 g/mol. The summed E-state index contributed by atoms with van der Waals surface area (Å²) >= 11 is 0. The zero-order valence-electron chi connectivity index (χ0n) is 67.6. The van der Waals surface area contributed by atoms with Crippen LogP contribution in [0.25, 0.3) is 0 Å². The fraction of sp³-hybridized carbons (Fsp3) is 0.952. The van der Waals surface area contributed by atoms with Gasteiger partial charge in [0.2, 0.25) is 0 Å². The number of carbonyl (C=O) groups is 4. The largest absolute Gasteiger partial charge is 0.472 e. The summed E-state index contributed by atoms with van der Waals surface area (Å²) in [6, 6.07) is 0. The molecule has 0 spiro atoms. The number of hydrogen-bond acceptors (Lipinski definition) is 15. The molecule has 0 saturated carbocycles. The van der Waals surface area contributed by atoms with E-state index in [-0.39, 0.29) is 25.7 Å². The zero-order valence-corrected chi connectivity index (χ0v) is 69.4. The van der Waals surface area contributed by atoms with Crippen LogP contribution in [0.4, 0.5) is 0 Å². The van der Waals surface area contributed by atoms with Gasteiger partial charge in [0, 0.05) is 25.7 Å². The van der Waals surface area contributed by atoms with E-state index < -0.39 is 97.5 Å². The molecule has 6 atom stereocenters. The van der Waals surface area contributed by atoms with Crippen molar-refractivity contribution >= 4 is 39.5 Å². The summed E-state index contributed by atoms with van der Waals surface area (Å²) in [5, 5.41) is 10.7. The molecule has 17 nitrogen and oxygen atoms in total. The van der Waals surface area contributed by atoms with E-state index in [0.29, 0.717) is 25.7 Å². The number of phosphoric acid groups is 2. The van der Waals surface area contributed by atoms with Gasteiger partial charge in [0.05, 0.1) is 26.4 Å². The van der Waals surface area contributed by atoms with E-state index in [4.69, 9.17) is 37.0 Å². The van der Waals surface area contributed by atoms with Crippen molar-refractivity contribution in [3.05, 3.63) is 0 Å². The maximum Gasteiger partial charge on any atom is 0.472 e. The molecule has 0 aliphatic heterocycles. The summed E-state index contributed by atoms with van der Waals surface area (Å²) in [6.07, 6.45) is 66.7. The van der Waals surface area contributed by atoms with Crippen LogP contribution in [-0.2, 0) is 65.4 Å². The van der Waals surface area contributed by atoms with Crippen LogP contribution in [0.15, 0.2) is 0 Å². The highest BCUT2D eigenvalue weighted by Crippen LogP contribution is 2.45. The van der Waals surface area contributed by atoms with Crippen LogP contribution in [-0.4, -0.2) is 96.7 Å². The van der Waals surface area contributed by atoms with Gasteiger partial charge in [-0.15, -0.1) is 0 Å². The van der Waals surface area contributed by atoms with Gasteiger partial charge in [0.15, 0.2) is 12.2 Å². The molecule has 0 amide bonds. The summed E-state index contributed by atoms with van der Waals surface area (Å²) in [5.41, 5.74) is 0. The minimum absolute atomic E-state index is 0.105. The highest BCUT2D eigenvalue weighted by atomic mass is 31.2. The summed E-state index contributed by atoms with van der Waals surface area (Å²) < 4.78 is 68.8. The van der Waals surface area contributed by atoms with E-state index in [9.17, 15) is 43.2 Å². The van der Waals surface area contributed by atoms with Crippen LogP contribution in [0.1, 0.15) is 446 Å². The summed E-state index contributed by atoms with van der Waals surface area (Å²) in [7, 11) is -9.92. The van der Waals surface area contributed by atoms with Gasteiger partial charge in [0.1, 0.15) is 19.3 Å². The number of hydrogen-bond donors (Lipinski definition) is 3. The van der Waals surface area contributed by atoms with Crippen molar-refractivity contribution in [3.63, 3.8) is 0 Å². The molecule has 3 unspecified atom stereocenters. The first-order valence-electron chi connectivity index (χ1n) is 43.5. The van der Waals surface area contributed by atoms with E-state index in [1.54, 1.807) is 0 Å². The van der Waals surface area contributed by atoms with Gasteiger partial charge in [0.25, 0.3) is 0 Å². The maximum atomic E-state index is 13.1. The topological polar surface area (TPSA) is 237 Å². The number of aliphatic hydroxyl groups is 1. The summed E-state index contributed by atoms with van der Waals surface area (Å²) in [6.45, 7) is 9.67. The van der Waals surface area contributed by atoms with Crippen molar-refractivity contribution in [3.8, 4) is 0 Å². The smallest absolute Gasteiger partial charge is 0.462 e. The fourth-order valence-corrected chi connectivity index (χ4v) is 14.6. The lowest BCUT2D eigenvalue weighted by Crippen LogP contribution is -2.30. The number of esters is 4. The molecular formula is C84H164O17P2. The van der Waals surface area contributed by atoms with E-state index in [2.05, 4.69) is 41.5 Å². The molecular weight excluding hydrogens is 1340 g/mol. The van der Waals surface area contributed by atoms with Gasteiger partial charge in [-0.1, -0.05) is 395 Å². The number of phosphoric ester groups is 2. The number of unbranched alkanes of at least 4 members (excludes halogenated alkanes) is 52. The maximum absolute atomic E-state index is 13.1. The first kappa shape index (κ1) is 101. The average molecular weight is 1510 g/mol. The third-order valence-corrected chi connectivity index (χ3v) is 22.0. The third-order valence-electron chi connectivity index (χ3n) is 20.1. The van der Waals surface area contributed by atoms with Crippen LogP contribution < -0.4 is 0 Å². The Bertz CT molecular complexity index is 1980. The van der Waals surface area contributed by atoms with Gasteiger partial charge >= 0.3 is 39.5 Å². The van der Waals surface area contributed by atoms with Gasteiger partial charge in [-0.05, 0) is 37.5 Å². The molecule has 0 radical (unpaired) electrons. The molecule has 0 aromatic heterocycles. The van der Waals surface area contributed by atoms with Crippen molar-refractivity contribution in [2.45, 2.75) is 464 Å². The number of ether oxygens (including phenoxy) is 4. The molecule has 0 saturated heterocycles. The van der Waals surface area contributed by atoms with Crippen molar-refractivity contribution < 1.29 is 80.2 Å². The molecule has 19 heteroatoms. The Hall–Kier alpha value is -1.94. The van der Waals surface area contributed by atoms with E-state index in [1.807, 2.05) is 0 Å². The number of carbonyl (C=O) groups excluding carboxylic acids is 4. The highest BCUT2D eigenvalue weighted by Gasteiger charge is 2.30. The molecule has 0 rings (SSSR count). The Morgan fingerprint density at radius 3 is 0.738 bits per heavy atom. The average Bonchev–Trinajstić information content (AvgIpc) is 1.34. The van der Waals surface area contributed by atoms with Gasteiger partial charge in [-0.3, -0.25) is 37.3 Å². The van der Waals surface area contributed by atoms with Crippen LogP contribution >= 0.6 is 15.6 Å². The molecule has 0 heterocycles. The minimum Gasteiger partial charge on any atom is -0.462 e. The first-order valence-corrected chi connectivity index (χ1v) is 46.5. The Balaban J connectivity index is 5.20. The quantitative estimate of drug-likeness (QED) is 0.0222. The number of rotatable bonds is 83. The second-order valence-corrected chi connectivity index (χ2v) is 33.8. The fourth-order valence-electron chi connectivity index (χ4n) is 13.0. The van der Waals surface area contributed by atoms with E-state index in [1.165, 1.54) is 263 Å². The minimum atomic E-state index is -4.96. The third kappa shape index (κ3) is 76.6. The lowest BCUT2D eigenvalue weighted by molar-refractivity contribution is -0.161. The SMILES string of the molecule is CCCCCCCCCCCCCCCCCCCCCCCCC(=O)O[C@H](COC(=O)CCCCCCCCCCCCCCCCCCC(C)C)COP(=O)(O)OC[C@@H](O)COP(=O)(O)OC[C@@H](COC(=O)CCCCCCCCCCCC)OC(=O)CCCCCCCCCCC(C)CC. The van der Waals surface area contributed by atoms with Crippen LogP contribution in [0.2, 0.25) is 0 Å². The van der Waals surface area contributed by atoms with E-state index in [0.717, 1.165) is 102 Å². The van der Waals surface area contributed by atoms with Gasteiger partial charge < -0.3 is 33.8 Å². The lowest BCUT2D eigenvalue weighted by Gasteiger charge is -2.21. The molecule has 103 heavy (non-hydrogen) atoms. The normalized spacial score (nSPS) is 14.1. The molecule has 0 fully saturated rings. The second-order valence-electron chi connectivity index (χ2n) is 30.9. The molecule has 612 valence electrons. The van der Waals surface area contributed by atoms with Crippen molar-refractivity contribution in [1.29, 1.82) is 0 Å². The molecule has 3 N–H and O–H groups in total. The van der Waals surface area contributed by atoms with Crippen molar-refractivity contribution in [2.75, 3.05) is 39.6 Å². The van der Waals surface area contributed by atoms with E-state index >= 15 is 0 Å². The molecule has 0 aliphatic carbocycles. The first-order chi connectivity index (χ1) is 49.9. The predicted octanol–water partition coefficient (Wildman–Crippen LogP) is 25.5. The molecule has 0 aromatic carbocycles. The Morgan fingerprint density at radius 1 is 0.282 bits per heavy atom. The van der Waals surface area contributed by atoms with Crippen LogP contribution in [0.3, 0.4) is 0 Å². The lowest BCUT2D eigenvalue weighted by atomic mass is 9.99. The molecule has 0 aromatic rings. The van der Waals surface area contributed by atoms with Crippen molar-refractivity contribution in [2.24, 2.45) is 11.8 Å². The Kier molecular flexibility index (Phi) is 74.1. The Morgan fingerprint density at radius 2 is 0.495 bits per heavy atom. The highest BCUT2D eigenvalue weighted by molar-refractivity contribution is 7.47. The summed E-state index contributed by atoms with van der Waals surface area (Å²) in [5.74, 6) is -0.526. The van der Waals surface area contributed by atoms with Crippen LogP contribution in [0.5, 0.6) is 0 Å². The van der Waals surface area contributed by atoms with Crippen LogP contribution in [0, 0.1) is 11.8 Å². The molecule has 0 bridgehead atoms. The zero-order chi connectivity index (χ0) is 75.6. The summed E-state index contributed by atoms with van der Waals surface area (Å²) in [4.78, 5) is 73.1. The van der Waals surface area contributed by atoms with Crippen molar-refractivity contribution in [1.82, 2.24) is 0 Å². The Labute approximate surface area is 632 Å². The van der Waals surface area contributed by atoms with Gasteiger partial charge in [-0.25, -0.2) is 9.13 Å². The molecule has 0 aliphatic rings. The predicted molar refractivity (Wildman–Crippen MR) is 423 cm³/mol. The standard InChI is InChI=1S/C84H164O17P2/c1-7-10-12-14-16-18-20-21-22-23-24-25-26-27-28-33-36-39-43-50-56-62-68-83(88)100-79(72-95-82(87)67-61-55-49-42-38-35-32-30-29-31-34-37-40-46-52-58-64-76(4)5)74-98-102(90,91)96-70-78(85)71-97-103(92,93)99-75-80(73-94-81(86)66-60-54-48-41-19-17-15-13-11-8-2)101-84(89)69-63-57-51-45-44-47-53-59-65-77(6)9-3/h76-80,85H,7-75H2,1-6H3,(H,90,91)(H,92,93)/t77?,78-,79-,80-/m1/s1. The van der Waals surface area contributed by atoms with Gasteiger partial charge in [-0.2, -0.15) is 0 Å². The number of aliphatic hydroxyl groups excluding tert-OH is 1. The second kappa shape index (κ2) is 75.5.